The lowest BCUT2D eigenvalue weighted by molar-refractivity contribution is -0.145. The molecule has 0 aliphatic heterocycles. The molecule has 41 heavy (non-hydrogen) atoms. The molecule has 12 nitrogen and oxygen atoms in total. The highest BCUT2D eigenvalue weighted by Crippen LogP contribution is 2.20. The van der Waals surface area contributed by atoms with Crippen molar-refractivity contribution in [3.8, 4) is 5.75 Å². The molecule has 5 atom stereocenters. The van der Waals surface area contributed by atoms with Crippen molar-refractivity contribution in [3.05, 3.63) is 65.9 Å². The number of aromatic amines is 1. The SMILES string of the molecule is CC(C)C(N)C(=O)NC(Cc1ccc(O)cc1)C(=O)NC(Cc1c[nH]c2ccccc12)C(=O)NC(C(=O)O)C(C)O. The molecule has 0 spiro atoms. The number of carboxylic acids is 1. The number of aliphatic hydroxyl groups excluding tert-OH is 1. The van der Waals surface area contributed by atoms with Crippen LogP contribution in [0.4, 0.5) is 0 Å². The summed E-state index contributed by atoms with van der Waals surface area (Å²) < 4.78 is 0. The number of aliphatic hydroxyl groups is 1. The molecule has 220 valence electrons. The fourth-order valence-corrected chi connectivity index (χ4v) is 4.29. The van der Waals surface area contributed by atoms with Gasteiger partial charge in [-0.2, -0.15) is 0 Å². The molecule has 0 saturated carbocycles. The van der Waals surface area contributed by atoms with Crippen molar-refractivity contribution in [1.29, 1.82) is 0 Å². The summed E-state index contributed by atoms with van der Waals surface area (Å²) in [6.45, 7) is 4.76. The first-order valence-corrected chi connectivity index (χ1v) is 13.3. The Morgan fingerprint density at radius 3 is 2.05 bits per heavy atom. The summed E-state index contributed by atoms with van der Waals surface area (Å²) in [6.07, 6.45) is 0.298. The summed E-state index contributed by atoms with van der Waals surface area (Å²) >= 11 is 0. The van der Waals surface area contributed by atoms with Crippen LogP contribution in [0.1, 0.15) is 31.9 Å². The van der Waals surface area contributed by atoms with Crippen molar-refractivity contribution < 1.29 is 34.5 Å². The number of H-pyrrole nitrogens is 1. The number of hydrogen-bond acceptors (Lipinski definition) is 7. The minimum atomic E-state index is -1.61. The van der Waals surface area contributed by atoms with Crippen LogP contribution in [0, 0.1) is 5.92 Å². The van der Waals surface area contributed by atoms with Crippen LogP contribution in [0.3, 0.4) is 0 Å². The van der Waals surface area contributed by atoms with Gasteiger partial charge in [0, 0.05) is 29.9 Å². The maximum absolute atomic E-state index is 13.6. The number of hydrogen-bond donors (Lipinski definition) is 8. The molecule has 0 bridgehead atoms. The number of benzene rings is 2. The summed E-state index contributed by atoms with van der Waals surface area (Å²) in [5.41, 5.74) is 8.12. The van der Waals surface area contributed by atoms with E-state index in [1.807, 2.05) is 24.3 Å². The van der Waals surface area contributed by atoms with Gasteiger partial charge in [0.1, 0.15) is 17.8 Å². The largest absolute Gasteiger partial charge is 0.508 e. The number of carboxylic acid groups (broad SMARTS) is 1. The minimum absolute atomic E-state index is 0.0148. The van der Waals surface area contributed by atoms with E-state index < -0.39 is 54.0 Å². The zero-order chi connectivity index (χ0) is 30.3. The highest BCUT2D eigenvalue weighted by atomic mass is 16.4. The molecule has 3 amide bonds. The Bertz CT molecular complexity index is 1370. The van der Waals surface area contributed by atoms with E-state index >= 15 is 0 Å². The molecule has 0 aliphatic rings. The average Bonchev–Trinajstić information content (AvgIpc) is 3.33. The van der Waals surface area contributed by atoms with Gasteiger partial charge in [-0.15, -0.1) is 0 Å². The lowest BCUT2D eigenvalue weighted by atomic mass is 10.00. The first-order chi connectivity index (χ1) is 19.4. The number of rotatable bonds is 13. The standard InChI is InChI=1S/C29H37N5O7/c1-15(2)24(30)28(39)33-22(12-17-8-10-19(36)11-9-17)26(37)32-23(27(38)34-25(16(3)35)29(40)41)13-18-14-31-21-7-5-4-6-20(18)21/h4-11,14-16,22-25,31,35-36H,12-13,30H2,1-3H3,(H,32,37)(H,33,39)(H,34,38)(H,40,41). The van der Waals surface area contributed by atoms with E-state index in [0.717, 1.165) is 10.9 Å². The molecule has 9 N–H and O–H groups in total. The normalized spacial score (nSPS) is 15.0. The van der Waals surface area contributed by atoms with Crippen LogP contribution in [-0.2, 0) is 32.0 Å². The molecule has 0 radical (unpaired) electrons. The van der Waals surface area contributed by atoms with Gasteiger partial charge < -0.3 is 42.0 Å². The molecule has 2 aromatic carbocycles. The topological polar surface area (TPSA) is 207 Å². The number of aromatic nitrogens is 1. The Hall–Kier alpha value is -4.42. The lowest BCUT2D eigenvalue weighted by Gasteiger charge is -2.26. The van der Waals surface area contributed by atoms with Crippen LogP contribution in [-0.4, -0.2) is 74.3 Å². The Morgan fingerprint density at radius 2 is 1.44 bits per heavy atom. The quantitative estimate of drug-likeness (QED) is 0.146. The molecule has 12 heteroatoms. The van der Waals surface area contributed by atoms with Crippen molar-refractivity contribution >= 4 is 34.6 Å². The van der Waals surface area contributed by atoms with Gasteiger partial charge in [0.2, 0.25) is 17.7 Å². The maximum Gasteiger partial charge on any atom is 0.328 e. The van der Waals surface area contributed by atoms with Crippen LogP contribution in [0.5, 0.6) is 5.75 Å². The zero-order valence-corrected chi connectivity index (χ0v) is 23.1. The summed E-state index contributed by atoms with van der Waals surface area (Å²) in [5.74, 6) is -3.71. The number of aromatic hydroxyl groups is 1. The molecular weight excluding hydrogens is 530 g/mol. The molecule has 0 fully saturated rings. The minimum Gasteiger partial charge on any atom is -0.508 e. The van der Waals surface area contributed by atoms with E-state index in [1.165, 1.54) is 19.1 Å². The van der Waals surface area contributed by atoms with Gasteiger partial charge in [-0.05, 0) is 42.2 Å². The second-order valence-electron chi connectivity index (χ2n) is 10.4. The predicted molar refractivity (Wildman–Crippen MR) is 152 cm³/mol. The van der Waals surface area contributed by atoms with E-state index in [2.05, 4.69) is 20.9 Å². The highest BCUT2D eigenvalue weighted by Gasteiger charge is 2.33. The summed E-state index contributed by atoms with van der Waals surface area (Å²) in [6, 6.07) is 8.52. The first kappa shape index (κ1) is 31.1. The lowest BCUT2D eigenvalue weighted by Crippen LogP contribution is -2.59. The third-order valence-electron chi connectivity index (χ3n) is 6.81. The fourth-order valence-electron chi connectivity index (χ4n) is 4.29. The number of aliphatic carboxylic acids is 1. The molecule has 5 unspecified atom stereocenters. The van der Waals surface area contributed by atoms with Crippen molar-refractivity contribution in [2.75, 3.05) is 0 Å². The molecule has 0 saturated heterocycles. The Morgan fingerprint density at radius 1 is 0.854 bits per heavy atom. The van der Waals surface area contributed by atoms with Crippen molar-refractivity contribution in [1.82, 2.24) is 20.9 Å². The van der Waals surface area contributed by atoms with E-state index in [1.54, 1.807) is 32.2 Å². The number of fused-ring (bicyclic) bond motifs is 1. The summed E-state index contributed by atoms with van der Waals surface area (Å²) in [4.78, 5) is 54.6. The van der Waals surface area contributed by atoms with Crippen LogP contribution in [0.15, 0.2) is 54.7 Å². The second kappa shape index (κ2) is 13.8. The van der Waals surface area contributed by atoms with Gasteiger partial charge in [0.15, 0.2) is 6.04 Å². The van der Waals surface area contributed by atoms with E-state index in [9.17, 15) is 34.5 Å². The number of carbonyl (C=O) groups is 4. The Kier molecular flexibility index (Phi) is 10.5. The van der Waals surface area contributed by atoms with Crippen LogP contribution in [0.2, 0.25) is 0 Å². The maximum atomic E-state index is 13.6. The van der Waals surface area contributed by atoms with E-state index in [4.69, 9.17) is 5.73 Å². The zero-order valence-electron chi connectivity index (χ0n) is 23.1. The van der Waals surface area contributed by atoms with Gasteiger partial charge in [0.05, 0.1) is 12.1 Å². The molecule has 1 aromatic heterocycles. The Labute approximate surface area is 237 Å². The number of phenolic OH excluding ortho intramolecular Hbond substituents is 1. The van der Waals surface area contributed by atoms with Gasteiger partial charge in [-0.3, -0.25) is 14.4 Å². The van der Waals surface area contributed by atoms with Crippen LogP contribution >= 0.6 is 0 Å². The van der Waals surface area contributed by atoms with Crippen LogP contribution in [0.25, 0.3) is 10.9 Å². The number of nitrogens with one attached hydrogen (secondary N) is 4. The number of carbonyl (C=O) groups excluding carboxylic acids is 3. The van der Waals surface area contributed by atoms with Crippen molar-refractivity contribution in [2.24, 2.45) is 11.7 Å². The first-order valence-electron chi connectivity index (χ1n) is 13.3. The third kappa shape index (κ3) is 8.29. The fraction of sp³-hybridized carbons (Fsp3) is 0.379. The smallest absolute Gasteiger partial charge is 0.328 e. The van der Waals surface area contributed by atoms with E-state index in [0.29, 0.717) is 11.1 Å². The number of amides is 3. The average molecular weight is 568 g/mol. The molecule has 0 aliphatic carbocycles. The van der Waals surface area contributed by atoms with Crippen molar-refractivity contribution in [3.63, 3.8) is 0 Å². The molecule has 3 rings (SSSR count). The number of nitrogens with two attached hydrogens (primary N) is 1. The van der Waals surface area contributed by atoms with E-state index in [-0.39, 0.29) is 24.5 Å². The number of para-hydroxylation sites is 1. The monoisotopic (exact) mass is 567 g/mol. The van der Waals surface area contributed by atoms with Gasteiger partial charge >= 0.3 is 5.97 Å². The third-order valence-corrected chi connectivity index (χ3v) is 6.81. The van der Waals surface area contributed by atoms with Crippen molar-refractivity contribution in [2.45, 2.75) is 63.9 Å². The second-order valence-corrected chi connectivity index (χ2v) is 10.4. The van der Waals surface area contributed by atoms with Gasteiger partial charge in [-0.25, -0.2) is 4.79 Å². The molecule has 3 aromatic rings. The molecule has 1 heterocycles. The molecular formula is C29H37N5O7. The predicted octanol–water partition coefficient (Wildman–Crippen LogP) is 0.562. The number of phenols is 1. The van der Waals surface area contributed by atoms with Gasteiger partial charge in [-0.1, -0.05) is 44.2 Å². The summed E-state index contributed by atoms with van der Waals surface area (Å²) in [7, 11) is 0. The summed E-state index contributed by atoms with van der Waals surface area (Å²) in [5, 5.41) is 37.4. The van der Waals surface area contributed by atoms with Gasteiger partial charge in [0.25, 0.3) is 0 Å². The Balaban J connectivity index is 1.92. The van der Waals surface area contributed by atoms with Crippen LogP contribution < -0.4 is 21.7 Å². The highest BCUT2D eigenvalue weighted by molar-refractivity contribution is 5.95.